The number of rotatable bonds is 8. The van der Waals surface area contributed by atoms with Crippen molar-refractivity contribution < 1.29 is 8.42 Å². The van der Waals surface area contributed by atoms with Crippen molar-refractivity contribution in [2.24, 2.45) is 5.73 Å². The molecule has 0 aromatic carbocycles. The van der Waals surface area contributed by atoms with Crippen LogP contribution in [-0.4, -0.2) is 35.7 Å². The van der Waals surface area contributed by atoms with Gasteiger partial charge in [0.05, 0.1) is 11.9 Å². The van der Waals surface area contributed by atoms with Crippen LogP contribution in [0.25, 0.3) is 0 Å². The van der Waals surface area contributed by atoms with Gasteiger partial charge >= 0.3 is 0 Å². The molecule has 0 radical (unpaired) electrons. The SMILES string of the molecule is CCC(N)Cc1cnn(CCCS(=O)(=O)CC)c1. The molecule has 1 rings (SSSR count). The summed E-state index contributed by atoms with van der Waals surface area (Å²) in [6.07, 6.45) is 6.14. The van der Waals surface area contributed by atoms with Gasteiger partial charge in [0.1, 0.15) is 9.84 Å². The Morgan fingerprint density at radius 2 is 2.17 bits per heavy atom. The molecule has 0 aliphatic rings. The average Bonchev–Trinajstić information content (AvgIpc) is 2.76. The number of hydrogen-bond donors (Lipinski definition) is 1. The molecule has 5 nitrogen and oxygen atoms in total. The molecule has 2 N–H and O–H groups in total. The third-order valence-corrected chi connectivity index (χ3v) is 4.78. The van der Waals surface area contributed by atoms with Crippen LogP contribution in [0, 0.1) is 0 Å². The van der Waals surface area contributed by atoms with Crippen LogP contribution in [0.2, 0.25) is 0 Å². The van der Waals surface area contributed by atoms with Crippen LogP contribution in [0.15, 0.2) is 12.4 Å². The van der Waals surface area contributed by atoms with E-state index in [-0.39, 0.29) is 17.5 Å². The van der Waals surface area contributed by atoms with Gasteiger partial charge in [-0.15, -0.1) is 0 Å². The maximum absolute atomic E-state index is 11.3. The predicted molar refractivity (Wildman–Crippen MR) is 73.1 cm³/mol. The van der Waals surface area contributed by atoms with Gasteiger partial charge in [-0.05, 0) is 24.8 Å². The summed E-state index contributed by atoms with van der Waals surface area (Å²) in [4.78, 5) is 0. The van der Waals surface area contributed by atoms with Crippen molar-refractivity contribution in [3.8, 4) is 0 Å². The van der Waals surface area contributed by atoms with Crippen LogP contribution in [-0.2, 0) is 22.8 Å². The Hall–Kier alpha value is -0.880. The van der Waals surface area contributed by atoms with E-state index in [1.54, 1.807) is 11.6 Å². The van der Waals surface area contributed by atoms with E-state index in [1.807, 2.05) is 12.4 Å². The van der Waals surface area contributed by atoms with Gasteiger partial charge in [-0.1, -0.05) is 13.8 Å². The predicted octanol–water partition coefficient (Wildman–Crippen LogP) is 0.988. The molecule has 0 amide bonds. The Morgan fingerprint density at radius 1 is 1.44 bits per heavy atom. The van der Waals surface area contributed by atoms with Gasteiger partial charge in [-0.3, -0.25) is 4.68 Å². The third-order valence-electron chi connectivity index (χ3n) is 2.99. The van der Waals surface area contributed by atoms with Crippen LogP contribution in [0.4, 0.5) is 0 Å². The molecule has 1 heterocycles. The first-order valence-corrected chi connectivity index (χ1v) is 8.26. The average molecular weight is 273 g/mol. The molecule has 0 bridgehead atoms. The van der Waals surface area contributed by atoms with E-state index < -0.39 is 9.84 Å². The number of hydrogen-bond acceptors (Lipinski definition) is 4. The zero-order valence-electron chi connectivity index (χ0n) is 11.2. The van der Waals surface area contributed by atoms with E-state index in [0.29, 0.717) is 13.0 Å². The topological polar surface area (TPSA) is 78.0 Å². The number of sulfone groups is 1. The van der Waals surface area contributed by atoms with Crippen molar-refractivity contribution in [1.29, 1.82) is 0 Å². The standard InChI is InChI=1S/C12H23N3O2S/c1-3-12(13)8-11-9-14-15(10-11)6-5-7-18(16,17)4-2/h9-10,12H,3-8,13H2,1-2H3. The quantitative estimate of drug-likeness (QED) is 0.766. The Balaban J connectivity index is 2.40. The molecule has 1 atom stereocenters. The molecular weight excluding hydrogens is 250 g/mol. The number of aryl methyl sites for hydroxylation is 1. The number of aromatic nitrogens is 2. The minimum atomic E-state index is -2.87. The van der Waals surface area contributed by atoms with Gasteiger partial charge < -0.3 is 5.73 Å². The first-order valence-electron chi connectivity index (χ1n) is 6.44. The number of nitrogens with two attached hydrogens (primary N) is 1. The van der Waals surface area contributed by atoms with E-state index in [4.69, 9.17) is 5.73 Å². The van der Waals surface area contributed by atoms with Crippen LogP contribution < -0.4 is 5.73 Å². The molecule has 1 aromatic heterocycles. The smallest absolute Gasteiger partial charge is 0.150 e. The fourth-order valence-corrected chi connectivity index (χ4v) is 2.53. The van der Waals surface area contributed by atoms with Crippen molar-refractivity contribution in [2.45, 2.75) is 45.7 Å². The van der Waals surface area contributed by atoms with Crippen LogP contribution in [0.1, 0.15) is 32.3 Å². The monoisotopic (exact) mass is 273 g/mol. The highest BCUT2D eigenvalue weighted by Crippen LogP contribution is 2.04. The molecule has 0 saturated heterocycles. The molecule has 0 saturated carbocycles. The van der Waals surface area contributed by atoms with E-state index >= 15 is 0 Å². The van der Waals surface area contributed by atoms with Crippen molar-refractivity contribution in [2.75, 3.05) is 11.5 Å². The summed E-state index contributed by atoms with van der Waals surface area (Å²) in [5.41, 5.74) is 6.99. The van der Waals surface area contributed by atoms with Gasteiger partial charge in [0.15, 0.2) is 0 Å². The normalized spacial score (nSPS) is 13.7. The summed E-state index contributed by atoms with van der Waals surface area (Å²) in [6, 6.07) is 0.170. The van der Waals surface area contributed by atoms with E-state index in [0.717, 1.165) is 18.4 Å². The lowest BCUT2D eigenvalue weighted by molar-refractivity contribution is 0.573. The van der Waals surface area contributed by atoms with E-state index in [9.17, 15) is 8.42 Å². The lowest BCUT2D eigenvalue weighted by Gasteiger charge is -2.05. The van der Waals surface area contributed by atoms with Gasteiger partial charge in [-0.25, -0.2) is 8.42 Å². The second-order valence-electron chi connectivity index (χ2n) is 4.57. The zero-order chi connectivity index (χ0) is 13.6. The Bertz CT molecular complexity index is 454. The minimum Gasteiger partial charge on any atom is -0.327 e. The Morgan fingerprint density at radius 3 is 2.78 bits per heavy atom. The molecule has 0 fully saturated rings. The summed E-state index contributed by atoms with van der Waals surface area (Å²) < 4.78 is 24.5. The van der Waals surface area contributed by atoms with Crippen LogP contribution >= 0.6 is 0 Å². The first-order chi connectivity index (χ1) is 8.46. The second-order valence-corrected chi connectivity index (χ2v) is 7.05. The molecule has 0 aliphatic carbocycles. The van der Waals surface area contributed by atoms with Crippen molar-refractivity contribution >= 4 is 9.84 Å². The van der Waals surface area contributed by atoms with Gasteiger partial charge in [0.2, 0.25) is 0 Å². The summed E-state index contributed by atoms with van der Waals surface area (Å²) in [5, 5.41) is 4.22. The summed E-state index contributed by atoms with van der Waals surface area (Å²) in [5.74, 6) is 0.440. The summed E-state index contributed by atoms with van der Waals surface area (Å²) >= 11 is 0. The van der Waals surface area contributed by atoms with Crippen molar-refractivity contribution in [3.63, 3.8) is 0 Å². The molecule has 104 valence electrons. The van der Waals surface area contributed by atoms with Crippen LogP contribution in [0.5, 0.6) is 0 Å². The highest BCUT2D eigenvalue weighted by Gasteiger charge is 2.08. The highest BCUT2D eigenvalue weighted by atomic mass is 32.2. The van der Waals surface area contributed by atoms with E-state index in [1.165, 1.54) is 0 Å². The Labute approximate surface area is 109 Å². The van der Waals surface area contributed by atoms with Gasteiger partial charge in [-0.2, -0.15) is 5.10 Å². The lowest BCUT2D eigenvalue weighted by Crippen LogP contribution is -2.21. The maximum atomic E-state index is 11.3. The van der Waals surface area contributed by atoms with Gasteiger partial charge in [0, 0.05) is 24.5 Å². The third kappa shape index (κ3) is 5.18. The maximum Gasteiger partial charge on any atom is 0.150 e. The van der Waals surface area contributed by atoms with Crippen LogP contribution in [0.3, 0.4) is 0 Å². The summed E-state index contributed by atoms with van der Waals surface area (Å²) in [6.45, 7) is 4.37. The molecular formula is C12H23N3O2S. The molecule has 1 aromatic rings. The molecule has 6 heteroatoms. The fourth-order valence-electron chi connectivity index (χ4n) is 1.67. The van der Waals surface area contributed by atoms with Crippen molar-refractivity contribution in [1.82, 2.24) is 9.78 Å². The first kappa shape index (κ1) is 15.2. The molecule has 0 aliphatic heterocycles. The fraction of sp³-hybridized carbons (Fsp3) is 0.750. The number of nitrogens with zero attached hydrogens (tertiary/aromatic N) is 2. The molecule has 18 heavy (non-hydrogen) atoms. The highest BCUT2D eigenvalue weighted by molar-refractivity contribution is 7.91. The largest absolute Gasteiger partial charge is 0.327 e. The van der Waals surface area contributed by atoms with Gasteiger partial charge in [0.25, 0.3) is 0 Å². The lowest BCUT2D eigenvalue weighted by atomic mass is 10.1. The molecule has 1 unspecified atom stereocenters. The molecule has 0 spiro atoms. The summed E-state index contributed by atoms with van der Waals surface area (Å²) in [7, 11) is -2.87. The van der Waals surface area contributed by atoms with Crippen molar-refractivity contribution in [3.05, 3.63) is 18.0 Å². The zero-order valence-corrected chi connectivity index (χ0v) is 12.0. The van der Waals surface area contributed by atoms with E-state index in [2.05, 4.69) is 12.0 Å². The Kier molecular flexibility index (Phi) is 5.81. The minimum absolute atomic E-state index is 0.170. The second kappa shape index (κ2) is 6.89.